The average Bonchev–Trinajstić information content (AvgIpc) is 3.10. The zero-order valence-corrected chi connectivity index (χ0v) is 12.2. The summed E-state index contributed by atoms with van der Waals surface area (Å²) in [5.41, 5.74) is 1.48. The number of likely N-dealkylation sites (tertiary alicyclic amines) is 1. The number of hydrogen-bond acceptors (Lipinski definition) is 3. The maximum Gasteiger partial charge on any atom is 0.223 e. The second-order valence-electron chi connectivity index (χ2n) is 5.54. The van der Waals surface area contributed by atoms with Crippen LogP contribution in [-0.4, -0.2) is 30.4 Å². The van der Waals surface area contributed by atoms with Gasteiger partial charge in [0.15, 0.2) is 0 Å². The van der Waals surface area contributed by atoms with Crippen molar-refractivity contribution in [3.63, 3.8) is 0 Å². The highest BCUT2D eigenvalue weighted by molar-refractivity contribution is 7.10. The first-order valence-corrected chi connectivity index (χ1v) is 8.30. The van der Waals surface area contributed by atoms with Crippen molar-refractivity contribution in [2.45, 2.75) is 44.6 Å². The predicted molar refractivity (Wildman–Crippen MR) is 78.4 cm³/mol. The highest BCUT2D eigenvalue weighted by Gasteiger charge is 2.22. The summed E-state index contributed by atoms with van der Waals surface area (Å²) < 4.78 is 0. The van der Waals surface area contributed by atoms with Crippen LogP contribution in [0.25, 0.3) is 0 Å². The van der Waals surface area contributed by atoms with Crippen molar-refractivity contribution in [1.29, 1.82) is 0 Å². The van der Waals surface area contributed by atoms with E-state index in [2.05, 4.69) is 16.8 Å². The molecule has 0 spiro atoms. The molecule has 1 aliphatic heterocycles. The highest BCUT2D eigenvalue weighted by Crippen LogP contribution is 2.33. The third-order valence-electron chi connectivity index (χ3n) is 4.24. The fourth-order valence-electron chi connectivity index (χ4n) is 3.18. The molecule has 1 saturated heterocycles. The minimum atomic E-state index is 0.325. The molecule has 2 heterocycles. The fraction of sp³-hybridized carbons (Fsp3) is 0.667. The maximum absolute atomic E-state index is 12.0. The van der Waals surface area contributed by atoms with Crippen molar-refractivity contribution in [3.05, 3.63) is 21.9 Å². The maximum atomic E-state index is 12.0. The SMILES string of the molecule is O=C(CCNC1CCCc2sccc21)N1CCCC1. The van der Waals surface area contributed by atoms with Crippen LogP contribution in [0.5, 0.6) is 0 Å². The van der Waals surface area contributed by atoms with E-state index in [4.69, 9.17) is 0 Å². The third kappa shape index (κ3) is 3.00. The first kappa shape index (κ1) is 13.1. The minimum absolute atomic E-state index is 0.325. The average molecular weight is 278 g/mol. The van der Waals surface area contributed by atoms with Crippen LogP contribution in [0.3, 0.4) is 0 Å². The van der Waals surface area contributed by atoms with E-state index in [-0.39, 0.29) is 0 Å². The van der Waals surface area contributed by atoms with Gasteiger partial charge in [-0.1, -0.05) is 0 Å². The largest absolute Gasteiger partial charge is 0.343 e. The van der Waals surface area contributed by atoms with Crippen LogP contribution in [0.2, 0.25) is 0 Å². The van der Waals surface area contributed by atoms with Gasteiger partial charge in [-0.05, 0) is 49.1 Å². The van der Waals surface area contributed by atoms with Crippen molar-refractivity contribution in [2.24, 2.45) is 0 Å². The van der Waals surface area contributed by atoms with Crippen LogP contribution in [0.4, 0.5) is 0 Å². The molecule has 1 amide bonds. The number of nitrogens with one attached hydrogen (secondary N) is 1. The Hall–Kier alpha value is -0.870. The van der Waals surface area contributed by atoms with E-state index in [1.165, 1.54) is 42.5 Å². The molecule has 0 saturated carbocycles. The summed E-state index contributed by atoms with van der Waals surface area (Å²) in [6.07, 6.45) is 6.72. The number of rotatable bonds is 4. The van der Waals surface area contributed by atoms with E-state index in [9.17, 15) is 4.79 Å². The monoisotopic (exact) mass is 278 g/mol. The van der Waals surface area contributed by atoms with Crippen molar-refractivity contribution >= 4 is 17.2 Å². The molecule has 0 aromatic carbocycles. The lowest BCUT2D eigenvalue weighted by Gasteiger charge is -2.24. The molecule has 1 aliphatic carbocycles. The summed E-state index contributed by atoms with van der Waals surface area (Å²) in [4.78, 5) is 15.5. The number of fused-ring (bicyclic) bond motifs is 1. The second kappa shape index (κ2) is 6.06. The Morgan fingerprint density at radius 3 is 3.05 bits per heavy atom. The molecule has 1 unspecified atom stereocenters. The minimum Gasteiger partial charge on any atom is -0.343 e. The first-order valence-electron chi connectivity index (χ1n) is 7.42. The van der Waals surface area contributed by atoms with Gasteiger partial charge in [0.05, 0.1) is 0 Å². The van der Waals surface area contributed by atoms with Gasteiger partial charge in [0.2, 0.25) is 5.91 Å². The fourth-order valence-corrected chi connectivity index (χ4v) is 4.16. The molecule has 3 rings (SSSR count). The Bertz CT molecular complexity index is 437. The van der Waals surface area contributed by atoms with Gasteiger partial charge in [-0.25, -0.2) is 0 Å². The van der Waals surface area contributed by atoms with Crippen LogP contribution >= 0.6 is 11.3 Å². The summed E-state index contributed by atoms with van der Waals surface area (Å²) in [6.45, 7) is 2.75. The quantitative estimate of drug-likeness (QED) is 0.918. The molecule has 0 radical (unpaired) electrons. The molecule has 1 N–H and O–H groups in total. The van der Waals surface area contributed by atoms with Crippen molar-refractivity contribution in [1.82, 2.24) is 10.2 Å². The lowest BCUT2D eigenvalue weighted by atomic mass is 9.94. The van der Waals surface area contributed by atoms with Crippen molar-refractivity contribution in [3.8, 4) is 0 Å². The van der Waals surface area contributed by atoms with Gasteiger partial charge in [-0.15, -0.1) is 11.3 Å². The van der Waals surface area contributed by atoms with E-state index < -0.39 is 0 Å². The van der Waals surface area contributed by atoms with Crippen LogP contribution in [-0.2, 0) is 11.2 Å². The molecule has 3 nitrogen and oxygen atoms in total. The number of carbonyl (C=O) groups excluding carboxylic acids is 1. The summed E-state index contributed by atoms with van der Waals surface area (Å²) in [7, 11) is 0. The lowest BCUT2D eigenvalue weighted by Crippen LogP contribution is -2.32. The van der Waals surface area contributed by atoms with Crippen LogP contribution < -0.4 is 5.32 Å². The van der Waals surface area contributed by atoms with E-state index in [1.54, 1.807) is 0 Å². The molecule has 0 bridgehead atoms. The number of hydrogen-bond donors (Lipinski definition) is 1. The predicted octanol–water partition coefficient (Wildman–Crippen LogP) is 2.73. The number of thiophene rings is 1. The summed E-state index contributed by atoms with van der Waals surface area (Å²) >= 11 is 1.87. The van der Waals surface area contributed by atoms with Crippen LogP contribution in [0.15, 0.2) is 11.4 Å². The second-order valence-corrected chi connectivity index (χ2v) is 6.54. The molecular weight excluding hydrogens is 256 g/mol. The van der Waals surface area contributed by atoms with E-state index in [0.717, 1.165) is 19.6 Å². The topological polar surface area (TPSA) is 32.3 Å². The van der Waals surface area contributed by atoms with Gasteiger partial charge in [0.25, 0.3) is 0 Å². The molecule has 1 fully saturated rings. The zero-order valence-electron chi connectivity index (χ0n) is 11.4. The number of carbonyl (C=O) groups is 1. The zero-order chi connectivity index (χ0) is 13.1. The van der Waals surface area contributed by atoms with Crippen molar-refractivity contribution in [2.75, 3.05) is 19.6 Å². The molecule has 104 valence electrons. The molecule has 19 heavy (non-hydrogen) atoms. The van der Waals surface area contributed by atoms with Crippen molar-refractivity contribution < 1.29 is 4.79 Å². The Morgan fingerprint density at radius 2 is 2.21 bits per heavy atom. The van der Waals surface area contributed by atoms with Crippen LogP contribution in [0, 0.1) is 0 Å². The normalized spacial score (nSPS) is 22.5. The first-order chi connectivity index (χ1) is 9.34. The molecule has 1 atom stereocenters. The van der Waals surface area contributed by atoms with Crippen LogP contribution in [0.1, 0.15) is 48.6 Å². The molecule has 1 aromatic rings. The van der Waals surface area contributed by atoms with E-state index in [0.29, 0.717) is 18.4 Å². The summed E-state index contributed by atoms with van der Waals surface area (Å²) in [6, 6.07) is 2.72. The smallest absolute Gasteiger partial charge is 0.223 e. The molecule has 1 aromatic heterocycles. The van der Waals surface area contributed by atoms with Gasteiger partial charge >= 0.3 is 0 Å². The molecule has 2 aliphatic rings. The van der Waals surface area contributed by atoms with Gasteiger partial charge in [0.1, 0.15) is 0 Å². The Balaban J connectivity index is 1.47. The third-order valence-corrected chi connectivity index (χ3v) is 5.24. The highest BCUT2D eigenvalue weighted by atomic mass is 32.1. The Morgan fingerprint density at radius 1 is 1.37 bits per heavy atom. The number of amides is 1. The van der Waals surface area contributed by atoms with E-state index >= 15 is 0 Å². The number of aryl methyl sites for hydroxylation is 1. The lowest BCUT2D eigenvalue weighted by molar-refractivity contribution is -0.130. The molecular formula is C15H22N2OS. The standard InChI is InChI=1S/C15H22N2OS/c18-15(17-9-1-2-10-17)6-8-16-13-4-3-5-14-12(13)7-11-19-14/h7,11,13,16H,1-6,8-10H2. The summed E-state index contributed by atoms with van der Waals surface area (Å²) in [5, 5.41) is 5.77. The van der Waals surface area contributed by atoms with Gasteiger partial charge in [0, 0.05) is 37.0 Å². The molecule has 4 heteroatoms. The van der Waals surface area contributed by atoms with Gasteiger partial charge in [-0.2, -0.15) is 0 Å². The number of nitrogens with zero attached hydrogens (tertiary/aromatic N) is 1. The Labute approximate surface area is 119 Å². The van der Waals surface area contributed by atoms with E-state index in [1.807, 2.05) is 16.2 Å². The van der Waals surface area contributed by atoms with Gasteiger partial charge < -0.3 is 10.2 Å². The van der Waals surface area contributed by atoms with Gasteiger partial charge in [-0.3, -0.25) is 4.79 Å². The Kier molecular flexibility index (Phi) is 4.18. The summed E-state index contributed by atoms with van der Waals surface area (Å²) in [5.74, 6) is 0.325.